The van der Waals surface area contributed by atoms with E-state index in [1.54, 1.807) is 25.7 Å². The van der Waals surface area contributed by atoms with Crippen molar-refractivity contribution in [2.45, 2.75) is 31.4 Å². The van der Waals surface area contributed by atoms with Crippen LogP contribution in [-0.4, -0.2) is 45.5 Å². The Morgan fingerprint density at radius 2 is 2.32 bits per heavy atom. The van der Waals surface area contributed by atoms with E-state index < -0.39 is 0 Å². The van der Waals surface area contributed by atoms with Gasteiger partial charge in [-0.25, -0.2) is 4.98 Å². The van der Waals surface area contributed by atoms with Gasteiger partial charge in [0.1, 0.15) is 5.82 Å². The fourth-order valence-corrected chi connectivity index (χ4v) is 2.89. The van der Waals surface area contributed by atoms with E-state index in [0.717, 1.165) is 17.9 Å². The number of rotatable bonds is 5. The molecule has 0 radical (unpaired) electrons. The van der Waals surface area contributed by atoms with Crippen molar-refractivity contribution in [3.63, 3.8) is 0 Å². The number of carbonyl (C=O) groups excluding carboxylic acids is 1. The Morgan fingerprint density at radius 3 is 3.00 bits per heavy atom. The van der Waals surface area contributed by atoms with Gasteiger partial charge in [0.05, 0.1) is 12.1 Å². The number of aryl methyl sites for hydroxylation is 1. The normalized spacial score (nSPS) is 21.2. The van der Waals surface area contributed by atoms with Crippen LogP contribution in [0.5, 0.6) is 0 Å². The number of pyridine rings is 1. The van der Waals surface area contributed by atoms with Gasteiger partial charge in [-0.05, 0) is 18.6 Å². The number of aromatic nitrogens is 3. The van der Waals surface area contributed by atoms with Crippen molar-refractivity contribution in [1.82, 2.24) is 19.9 Å². The van der Waals surface area contributed by atoms with E-state index in [9.17, 15) is 4.79 Å². The molecule has 2 atom stereocenters. The third-order valence-electron chi connectivity index (χ3n) is 4.07. The second kappa shape index (κ2) is 6.70. The van der Waals surface area contributed by atoms with Crippen LogP contribution in [0.4, 0.5) is 0 Å². The Morgan fingerprint density at radius 1 is 1.41 bits per heavy atom. The first-order valence-corrected chi connectivity index (χ1v) is 7.49. The molecule has 0 aliphatic carbocycles. The molecule has 22 heavy (non-hydrogen) atoms. The number of H-pyrrole nitrogens is 1. The maximum Gasteiger partial charge on any atom is 0.223 e. The monoisotopic (exact) mass is 300 g/mol. The minimum atomic E-state index is -0.0313. The van der Waals surface area contributed by atoms with Crippen molar-refractivity contribution in [2.24, 2.45) is 0 Å². The molecule has 1 saturated heterocycles. The summed E-state index contributed by atoms with van der Waals surface area (Å²) in [5.41, 5.74) is 0.938. The van der Waals surface area contributed by atoms with Crippen molar-refractivity contribution in [3.05, 3.63) is 48.3 Å². The molecule has 1 amide bonds. The number of nitrogens with one attached hydrogen (secondary N) is 1. The summed E-state index contributed by atoms with van der Waals surface area (Å²) in [6, 6.07) is 5.73. The molecule has 6 heteroatoms. The van der Waals surface area contributed by atoms with Crippen LogP contribution in [-0.2, 0) is 16.0 Å². The number of hydrogen-bond donors (Lipinski definition) is 1. The fourth-order valence-electron chi connectivity index (χ4n) is 2.89. The minimum absolute atomic E-state index is 0.0313. The molecular weight excluding hydrogens is 280 g/mol. The summed E-state index contributed by atoms with van der Waals surface area (Å²) in [6.45, 7) is 0.614. The number of hydrogen-bond acceptors (Lipinski definition) is 4. The van der Waals surface area contributed by atoms with Gasteiger partial charge in [0.2, 0.25) is 5.91 Å². The molecular formula is C16H20N4O2. The summed E-state index contributed by atoms with van der Waals surface area (Å²) in [5, 5.41) is 0. The zero-order chi connectivity index (χ0) is 15.4. The summed E-state index contributed by atoms with van der Waals surface area (Å²) in [7, 11) is 1.69. The van der Waals surface area contributed by atoms with Crippen LogP contribution < -0.4 is 0 Å². The van der Waals surface area contributed by atoms with Crippen LogP contribution in [0.15, 0.2) is 36.8 Å². The number of imidazole rings is 1. The molecule has 3 rings (SSSR count). The highest BCUT2D eigenvalue weighted by molar-refractivity contribution is 5.77. The minimum Gasteiger partial charge on any atom is -0.380 e. The molecule has 2 aromatic rings. The molecule has 0 bridgehead atoms. The Balaban J connectivity index is 1.66. The van der Waals surface area contributed by atoms with E-state index in [-0.39, 0.29) is 18.1 Å². The molecule has 3 heterocycles. The predicted octanol–water partition coefficient (Wildman–Crippen LogP) is 1.73. The molecule has 1 aliphatic heterocycles. The van der Waals surface area contributed by atoms with Crippen molar-refractivity contribution in [2.75, 3.05) is 13.7 Å². The lowest BCUT2D eigenvalue weighted by molar-refractivity contribution is -0.132. The standard InChI is InChI=1S/C16H20N4O2/c1-22-13-10-14(16-18-8-9-19-16)20(11-13)15(21)6-5-12-4-2-3-7-17-12/h2-4,7-9,13-14H,5-6,10-11H2,1H3,(H,18,19)/t13-,14?/m1/s1. The molecule has 0 aromatic carbocycles. The van der Waals surface area contributed by atoms with Gasteiger partial charge in [-0.15, -0.1) is 0 Å². The third kappa shape index (κ3) is 3.17. The average Bonchev–Trinajstić information content (AvgIpc) is 3.22. The Bertz CT molecular complexity index is 600. The molecule has 116 valence electrons. The van der Waals surface area contributed by atoms with E-state index in [4.69, 9.17) is 4.74 Å². The first-order valence-electron chi connectivity index (χ1n) is 7.49. The average molecular weight is 300 g/mol. The summed E-state index contributed by atoms with van der Waals surface area (Å²) in [5.74, 6) is 0.942. The van der Waals surface area contributed by atoms with Gasteiger partial charge in [-0.1, -0.05) is 6.07 Å². The van der Waals surface area contributed by atoms with Crippen molar-refractivity contribution in [1.29, 1.82) is 0 Å². The maximum absolute atomic E-state index is 12.6. The fraction of sp³-hybridized carbons (Fsp3) is 0.438. The quantitative estimate of drug-likeness (QED) is 0.913. The molecule has 2 aromatic heterocycles. The van der Waals surface area contributed by atoms with Crippen LogP contribution in [0.2, 0.25) is 0 Å². The van der Waals surface area contributed by atoms with Crippen LogP contribution in [0, 0.1) is 0 Å². The molecule has 1 unspecified atom stereocenters. The lowest BCUT2D eigenvalue weighted by Gasteiger charge is -2.22. The van der Waals surface area contributed by atoms with Crippen molar-refractivity contribution < 1.29 is 9.53 Å². The highest BCUT2D eigenvalue weighted by atomic mass is 16.5. The topological polar surface area (TPSA) is 71.1 Å². The van der Waals surface area contributed by atoms with E-state index >= 15 is 0 Å². The van der Waals surface area contributed by atoms with Gasteiger partial charge in [0.15, 0.2) is 0 Å². The van der Waals surface area contributed by atoms with Crippen molar-refractivity contribution in [3.8, 4) is 0 Å². The molecule has 6 nitrogen and oxygen atoms in total. The molecule has 0 spiro atoms. The number of methoxy groups -OCH3 is 1. The maximum atomic E-state index is 12.6. The van der Waals surface area contributed by atoms with Gasteiger partial charge in [-0.2, -0.15) is 0 Å². The summed E-state index contributed by atoms with van der Waals surface area (Å²) >= 11 is 0. The third-order valence-corrected chi connectivity index (χ3v) is 4.07. The second-order valence-electron chi connectivity index (χ2n) is 5.45. The van der Waals surface area contributed by atoms with Crippen molar-refractivity contribution >= 4 is 5.91 Å². The molecule has 0 saturated carbocycles. The zero-order valence-electron chi connectivity index (χ0n) is 12.6. The predicted molar refractivity (Wildman–Crippen MR) is 81.0 cm³/mol. The number of likely N-dealkylation sites (tertiary alicyclic amines) is 1. The second-order valence-corrected chi connectivity index (χ2v) is 5.45. The van der Waals surface area contributed by atoms with Crippen LogP contribution in [0.25, 0.3) is 0 Å². The SMILES string of the molecule is CO[C@@H]1CC(c2ncc[nH]2)N(C(=O)CCc2ccccn2)C1. The van der Waals surface area contributed by atoms with Gasteiger partial charge in [0.25, 0.3) is 0 Å². The van der Waals surface area contributed by atoms with E-state index in [1.165, 1.54) is 0 Å². The first-order chi connectivity index (χ1) is 10.8. The van der Waals surface area contributed by atoms with Gasteiger partial charge in [-0.3, -0.25) is 9.78 Å². The number of nitrogens with zero attached hydrogens (tertiary/aromatic N) is 3. The largest absolute Gasteiger partial charge is 0.380 e. The molecule has 1 fully saturated rings. The number of carbonyl (C=O) groups is 1. The highest BCUT2D eigenvalue weighted by Crippen LogP contribution is 2.32. The van der Waals surface area contributed by atoms with E-state index in [2.05, 4.69) is 15.0 Å². The van der Waals surface area contributed by atoms with Gasteiger partial charge < -0.3 is 14.6 Å². The number of aromatic amines is 1. The van der Waals surface area contributed by atoms with Crippen LogP contribution >= 0.6 is 0 Å². The Labute approximate surface area is 129 Å². The Hall–Kier alpha value is -2.21. The zero-order valence-corrected chi connectivity index (χ0v) is 12.6. The van der Waals surface area contributed by atoms with E-state index in [0.29, 0.717) is 19.4 Å². The van der Waals surface area contributed by atoms with Crippen LogP contribution in [0.1, 0.15) is 30.4 Å². The van der Waals surface area contributed by atoms with Crippen LogP contribution in [0.3, 0.4) is 0 Å². The van der Waals surface area contributed by atoms with Gasteiger partial charge >= 0.3 is 0 Å². The lowest BCUT2D eigenvalue weighted by Crippen LogP contribution is -2.32. The summed E-state index contributed by atoms with van der Waals surface area (Å²) in [4.78, 5) is 26.1. The smallest absolute Gasteiger partial charge is 0.223 e. The number of ether oxygens (including phenoxy) is 1. The first kappa shape index (κ1) is 14.7. The molecule has 1 N–H and O–H groups in total. The number of amides is 1. The highest BCUT2D eigenvalue weighted by Gasteiger charge is 2.37. The summed E-state index contributed by atoms with van der Waals surface area (Å²) in [6.07, 6.45) is 7.19. The van der Waals surface area contributed by atoms with E-state index in [1.807, 2.05) is 23.1 Å². The molecule has 1 aliphatic rings. The van der Waals surface area contributed by atoms with Gasteiger partial charge in [0, 0.05) is 50.8 Å². The Kier molecular flexibility index (Phi) is 4.48. The summed E-state index contributed by atoms with van der Waals surface area (Å²) < 4.78 is 5.43. The lowest BCUT2D eigenvalue weighted by atomic mass is 10.1.